The molecule has 2 rings (SSSR count). The Hall–Kier alpha value is -0.520. The summed E-state index contributed by atoms with van der Waals surface area (Å²) >= 11 is 1.69. The fraction of sp³-hybridized carbons (Fsp3) is 0.769. The van der Waals surface area contributed by atoms with Crippen LogP contribution in [-0.2, 0) is 4.74 Å². The van der Waals surface area contributed by atoms with E-state index in [0.29, 0.717) is 12.0 Å². The van der Waals surface area contributed by atoms with E-state index in [1.807, 2.05) is 13.8 Å². The fourth-order valence-electron chi connectivity index (χ4n) is 2.16. The van der Waals surface area contributed by atoms with Crippen molar-refractivity contribution in [1.29, 1.82) is 0 Å². The predicted octanol–water partition coefficient (Wildman–Crippen LogP) is 2.40. The van der Waals surface area contributed by atoms with Crippen LogP contribution in [0.15, 0.2) is 9.64 Å². The lowest BCUT2D eigenvalue weighted by atomic mass is 10.0. The number of rotatable bonds is 6. The third-order valence-corrected chi connectivity index (χ3v) is 4.34. The van der Waals surface area contributed by atoms with E-state index in [2.05, 4.69) is 17.2 Å². The van der Waals surface area contributed by atoms with Gasteiger partial charge in [0.15, 0.2) is 0 Å². The van der Waals surface area contributed by atoms with E-state index < -0.39 is 0 Å². The average Bonchev–Trinajstić information content (AvgIpc) is 2.96. The summed E-state index contributed by atoms with van der Waals surface area (Å²) in [5.74, 6) is 2.53. The monoisotopic (exact) mass is 270 g/mol. The van der Waals surface area contributed by atoms with Gasteiger partial charge in [0.1, 0.15) is 5.76 Å². The van der Waals surface area contributed by atoms with Crippen molar-refractivity contribution in [2.75, 3.05) is 25.5 Å². The lowest BCUT2D eigenvalue weighted by Crippen LogP contribution is -2.38. The van der Waals surface area contributed by atoms with Crippen molar-refractivity contribution in [1.82, 2.24) is 10.3 Å². The maximum atomic E-state index is 5.60. The van der Waals surface area contributed by atoms with Crippen LogP contribution in [-0.4, -0.2) is 36.5 Å². The number of oxazole rings is 1. The van der Waals surface area contributed by atoms with Gasteiger partial charge in [-0.15, -0.1) is 0 Å². The Balaban J connectivity index is 1.88. The first-order chi connectivity index (χ1) is 8.70. The molecule has 1 aromatic heterocycles. The van der Waals surface area contributed by atoms with E-state index >= 15 is 0 Å². The lowest BCUT2D eigenvalue weighted by Gasteiger charge is -2.22. The first-order valence-electron chi connectivity index (χ1n) is 6.58. The van der Waals surface area contributed by atoms with E-state index in [4.69, 9.17) is 9.15 Å². The first-order valence-corrected chi connectivity index (χ1v) is 7.57. The van der Waals surface area contributed by atoms with Crippen molar-refractivity contribution < 1.29 is 9.15 Å². The molecular formula is C13H22N2O2S. The molecule has 0 aromatic carbocycles. The van der Waals surface area contributed by atoms with Crippen LogP contribution in [0.3, 0.4) is 0 Å². The van der Waals surface area contributed by atoms with Crippen molar-refractivity contribution in [3.63, 3.8) is 0 Å². The molecule has 1 fully saturated rings. The number of aryl methyl sites for hydroxylation is 2. The zero-order valence-electron chi connectivity index (χ0n) is 11.4. The van der Waals surface area contributed by atoms with Gasteiger partial charge in [-0.25, -0.2) is 4.98 Å². The summed E-state index contributed by atoms with van der Waals surface area (Å²) in [7, 11) is 0. The molecule has 2 atom stereocenters. The summed E-state index contributed by atoms with van der Waals surface area (Å²) in [6.07, 6.45) is 1.15. The van der Waals surface area contributed by atoms with Crippen LogP contribution in [0.1, 0.15) is 24.8 Å². The topological polar surface area (TPSA) is 47.3 Å². The van der Waals surface area contributed by atoms with E-state index in [-0.39, 0.29) is 0 Å². The molecule has 2 heterocycles. The molecule has 1 aliphatic heterocycles. The first kappa shape index (κ1) is 13.9. The van der Waals surface area contributed by atoms with Gasteiger partial charge in [-0.05, 0) is 26.8 Å². The van der Waals surface area contributed by atoms with Crippen molar-refractivity contribution >= 4 is 11.8 Å². The summed E-state index contributed by atoms with van der Waals surface area (Å²) in [5.41, 5.74) is 0.988. The molecule has 2 unspecified atom stereocenters. The van der Waals surface area contributed by atoms with Crippen molar-refractivity contribution in [3.8, 4) is 0 Å². The Bertz CT molecular complexity index is 356. The van der Waals surface area contributed by atoms with E-state index in [0.717, 1.165) is 48.6 Å². The molecule has 4 nitrogen and oxygen atoms in total. The second kappa shape index (κ2) is 6.59. The Morgan fingerprint density at radius 3 is 2.89 bits per heavy atom. The molecule has 0 saturated carbocycles. The number of nitrogens with zero attached hydrogens (tertiary/aromatic N) is 1. The number of hydrogen-bond acceptors (Lipinski definition) is 5. The fourth-order valence-corrected chi connectivity index (χ4v) is 3.26. The molecule has 0 amide bonds. The highest BCUT2D eigenvalue weighted by molar-refractivity contribution is 7.99. The molecule has 18 heavy (non-hydrogen) atoms. The summed E-state index contributed by atoms with van der Waals surface area (Å²) in [4.78, 5) is 4.41. The highest BCUT2D eigenvalue weighted by Gasteiger charge is 2.25. The van der Waals surface area contributed by atoms with Crippen LogP contribution < -0.4 is 5.32 Å². The number of ether oxygens (including phenoxy) is 1. The van der Waals surface area contributed by atoms with E-state index in [1.165, 1.54) is 0 Å². The minimum atomic E-state index is 0.481. The molecule has 0 bridgehead atoms. The minimum absolute atomic E-state index is 0.481. The van der Waals surface area contributed by atoms with Crippen molar-refractivity contribution in [2.45, 2.75) is 38.5 Å². The molecule has 1 aliphatic rings. The minimum Gasteiger partial charge on any atom is -0.437 e. The number of aromatic nitrogens is 1. The predicted molar refractivity (Wildman–Crippen MR) is 73.1 cm³/mol. The van der Waals surface area contributed by atoms with Gasteiger partial charge in [-0.2, -0.15) is 0 Å². The standard InChI is InChI=1S/C13H22N2O2S/c1-4-14-12(11-5-6-16-7-11)8-18-13-15-9(2)10(3)17-13/h11-12,14H,4-8H2,1-3H3. The van der Waals surface area contributed by atoms with Crippen LogP contribution in [0.2, 0.25) is 0 Å². The van der Waals surface area contributed by atoms with E-state index in [1.54, 1.807) is 11.8 Å². The lowest BCUT2D eigenvalue weighted by molar-refractivity contribution is 0.179. The molecule has 1 saturated heterocycles. The summed E-state index contributed by atoms with van der Waals surface area (Å²) in [5, 5.41) is 4.33. The van der Waals surface area contributed by atoms with Crippen molar-refractivity contribution in [3.05, 3.63) is 11.5 Å². The van der Waals surface area contributed by atoms with Gasteiger partial charge < -0.3 is 14.5 Å². The summed E-state index contributed by atoms with van der Waals surface area (Å²) < 4.78 is 11.1. The Labute approximate surface area is 113 Å². The second-order valence-electron chi connectivity index (χ2n) is 4.72. The molecular weight excluding hydrogens is 248 g/mol. The third-order valence-electron chi connectivity index (χ3n) is 3.40. The molecule has 0 radical (unpaired) electrons. The number of hydrogen-bond donors (Lipinski definition) is 1. The number of nitrogens with one attached hydrogen (secondary N) is 1. The Morgan fingerprint density at radius 2 is 2.33 bits per heavy atom. The SMILES string of the molecule is CCNC(CSc1nc(C)c(C)o1)C1CCOC1. The van der Waals surface area contributed by atoms with Gasteiger partial charge in [0.25, 0.3) is 5.22 Å². The van der Waals surface area contributed by atoms with Crippen LogP contribution in [0.4, 0.5) is 0 Å². The summed E-state index contributed by atoms with van der Waals surface area (Å²) in [6, 6.07) is 0.481. The molecule has 0 spiro atoms. The third kappa shape index (κ3) is 3.49. The van der Waals surface area contributed by atoms with Crippen LogP contribution in [0, 0.1) is 19.8 Å². The van der Waals surface area contributed by atoms with Gasteiger partial charge in [0, 0.05) is 24.3 Å². The number of thioether (sulfide) groups is 1. The van der Waals surface area contributed by atoms with Crippen LogP contribution >= 0.6 is 11.8 Å². The Kier molecular flexibility index (Phi) is 5.09. The van der Waals surface area contributed by atoms with Crippen LogP contribution in [0.5, 0.6) is 0 Å². The highest BCUT2D eigenvalue weighted by Crippen LogP contribution is 2.25. The molecule has 102 valence electrons. The summed E-state index contributed by atoms with van der Waals surface area (Å²) in [6.45, 7) is 8.85. The van der Waals surface area contributed by atoms with Crippen molar-refractivity contribution in [2.24, 2.45) is 5.92 Å². The quantitative estimate of drug-likeness (QED) is 0.804. The largest absolute Gasteiger partial charge is 0.437 e. The van der Waals surface area contributed by atoms with Gasteiger partial charge >= 0.3 is 0 Å². The van der Waals surface area contributed by atoms with Crippen LogP contribution in [0.25, 0.3) is 0 Å². The van der Waals surface area contributed by atoms with Gasteiger partial charge in [-0.1, -0.05) is 18.7 Å². The van der Waals surface area contributed by atoms with Gasteiger partial charge in [0.05, 0.1) is 12.3 Å². The smallest absolute Gasteiger partial charge is 0.256 e. The Morgan fingerprint density at radius 1 is 1.50 bits per heavy atom. The zero-order chi connectivity index (χ0) is 13.0. The average molecular weight is 270 g/mol. The highest BCUT2D eigenvalue weighted by atomic mass is 32.2. The molecule has 1 N–H and O–H groups in total. The molecule has 5 heteroatoms. The second-order valence-corrected chi connectivity index (χ2v) is 5.69. The molecule has 0 aliphatic carbocycles. The zero-order valence-corrected chi connectivity index (χ0v) is 12.2. The maximum absolute atomic E-state index is 5.60. The molecule has 1 aromatic rings. The van der Waals surface area contributed by atoms with Gasteiger partial charge in [-0.3, -0.25) is 0 Å². The van der Waals surface area contributed by atoms with Gasteiger partial charge in [0.2, 0.25) is 0 Å². The van der Waals surface area contributed by atoms with E-state index in [9.17, 15) is 0 Å². The maximum Gasteiger partial charge on any atom is 0.256 e. The normalized spacial score (nSPS) is 21.4.